The average molecular weight is 385 g/mol. The highest BCUT2D eigenvalue weighted by Crippen LogP contribution is 2.48. The Hall–Kier alpha value is -1.90. The van der Waals surface area contributed by atoms with Gasteiger partial charge in [0.05, 0.1) is 5.39 Å². The smallest absolute Gasteiger partial charge is 0.175 e. The van der Waals surface area contributed by atoms with Crippen LogP contribution >= 0.6 is 0 Å². The Morgan fingerprint density at radius 1 is 1.04 bits per heavy atom. The molecule has 4 rings (SSSR count). The Labute approximate surface area is 166 Å². The molecule has 0 aliphatic heterocycles. The lowest BCUT2D eigenvalue weighted by Gasteiger charge is -2.41. The zero-order chi connectivity index (χ0) is 19.7. The molecule has 3 heteroatoms. The molecule has 2 aromatic rings. The number of allylic oxidation sites excluding steroid dienone is 1. The van der Waals surface area contributed by atoms with E-state index in [2.05, 4.69) is 6.92 Å². The molecule has 0 heterocycles. The summed E-state index contributed by atoms with van der Waals surface area (Å²) in [5, 5.41) is 0.673. The molecule has 0 bridgehead atoms. The fourth-order valence-corrected chi connectivity index (χ4v) is 5.38. The molecule has 1 nitrogen and oxygen atoms in total. The normalized spacial score (nSPS) is 27.9. The molecule has 0 amide bonds. The Balaban J connectivity index is 1.58. The van der Waals surface area contributed by atoms with Gasteiger partial charge in [-0.3, -0.25) is 0 Å². The minimum Gasteiger partial charge on any atom is -0.486 e. The van der Waals surface area contributed by atoms with Crippen molar-refractivity contribution in [3.8, 4) is 5.75 Å². The summed E-state index contributed by atoms with van der Waals surface area (Å²) >= 11 is 0. The zero-order valence-electron chi connectivity index (χ0n) is 16.9. The van der Waals surface area contributed by atoms with E-state index in [1.54, 1.807) is 24.3 Å². The highest BCUT2D eigenvalue weighted by molar-refractivity contribution is 5.86. The molecular weight excluding hydrogens is 354 g/mol. The van der Waals surface area contributed by atoms with E-state index >= 15 is 0 Å². The SMILES string of the molecule is C/C=C/COc1ccc2cc([C@@H]3CC[C@@H]4CC(C)CCC4C3)cc(F)c2c1F. The molecule has 0 aromatic heterocycles. The molecular formula is C25H30F2O. The third kappa shape index (κ3) is 3.81. The molecule has 2 saturated carbocycles. The van der Waals surface area contributed by atoms with Gasteiger partial charge in [-0.1, -0.05) is 37.6 Å². The van der Waals surface area contributed by atoms with Gasteiger partial charge in [-0.25, -0.2) is 8.78 Å². The predicted octanol–water partition coefficient (Wildman–Crippen LogP) is 7.39. The van der Waals surface area contributed by atoms with Crippen LogP contribution in [0.25, 0.3) is 10.8 Å². The second-order valence-corrected chi connectivity index (χ2v) is 8.81. The first kappa shape index (κ1) is 19.4. The number of ether oxygens (including phenoxy) is 1. The van der Waals surface area contributed by atoms with E-state index in [1.165, 1.54) is 25.7 Å². The molecule has 0 spiro atoms. The highest BCUT2D eigenvalue weighted by atomic mass is 19.1. The topological polar surface area (TPSA) is 9.23 Å². The van der Waals surface area contributed by atoms with Crippen LogP contribution < -0.4 is 4.74 Å². The van der Waals surface area contributed by atoms with Crippen molar-refractivity contribution >= 4 is 10.8 Å². The molecule has 0 saturated heterocycles. The van der Waals surface area contributed by atoms with Crippen LogP contribution in [-0.4, -0.2) is 6.61 Å². The Morgan fingerprint density at radius 3 is 2.64 bits per heavy atom. The number of fused-ring (bicyclic) bond motifs is 2. The quantitative estimate of drug-likeness (QED) is 0.499. The van der Waals surface area contributed by atoms with E-state index in [9.17, 15) is 8.78 Å². The molecule has 2 aliphatic carbocycles. The van der Waals surface area contributed by atoms with E-state index in [0.717, 1.165) is 36.2 Å². The van der Waals surface area contributed by atoms with Gasteiger partial charge in [0.25, 0.3) is 0 Å². The Morgan fingerprint density at radius 2 is 1.82 bits per heavy atom. The summed E-state index contributed by atoms with van der Waals surface area (Å²) in [7, 11) is 0. The van der Waals surface area contributed by atoms with Crippen LogP contribution in [0.1, 0.15) is 63.9 Å². The summed E-state index contributed by atoms with van der Waals surface area (Å²) in [6.07, 6.45) is 11.1. The highest BCUT2D eigenvalue weighted by Gasteiger charge is 2.35. The minimum absolute atomic E-state index is 0.0434. The lowest BCUT2D eigenvalue weighted by molar-refractivity contribution is 0.124. The van der Waals surface area contributed by atoms with Gasteiger partial charge in [0.1, 0.15) is 12.4 Å². The third-order valence-electron chi connectivity index (χ3n) is 6.91. The summed E-state index contributed by atoms with van der Waals surface area (Å²) < 4.78 is 35.1. The van der Waals surface area contributed by atoms with Crippen molar-refractivity contribution in [2.24, 2.45) is 17.8 Å². The standard InChI is InChI=1S/C25H30F2O/c1-3-4-11-28-23-10-9-20-14-21(15-22(26)24(20)25(23)27)19-8-7-17-12-16(2)5-6-18(17)13-19/h3-4,9-10,14-19H,5-8,11-13H2,1-2H3/b4-3+/t16?,17-,18?,19-/m1/s1. The number of hydrogen-bond acceptors (Lipinski definition) is 1. The van der Waals surface area contributed by atoms with Crippen LogP contribution in [-0.2, 0) is 0 Å². The van der Waals surface area contributed by atoms with Gasteiger partial charge in [-0.2, -0.15) is 0 Å². The first-order valence-corrected chi connectivity index (χ1v) is 10.7. The molecule has 28 heavy (non-hydrogen) atoms. The Kier molecular flexibility index (Phi) is 5.70. The summed E-state index contributed by atoms with van der Waals surface area (Å²) in [5.41, 5.74) is 1.03. The third-order valence-corrected chi connectivity index (χ3v) is 6.91. The van der Waals surface area contributed by atoms with Gasteiger partial charge >= 0.3 is 0 Å². The summed E-state index contributed by atoms with van der Waals surface area (Å²) in [4.78, 5) is 0. The van der Waals surface area contributed by atoms with Gasteiger partial charge < -0.3 is 4.74 Å². The first-order valence-electron chi connectivity index (χ1n) is 10.7. The van der Waals surface area contributed by atoms with E-state index < -0.39 is 11.6 Å². The van der Waals surface area contributed by atoms with Crippen LogP contribution in [0.4, 0.5) is 8.78 Å². The van der Waals surface area contributed by atoms with Crippen molar-refractivity contribution in [3.63, 3.8) is 0 Å². The molecule has 0 N–H and O–H groups in total. The number of benzene rings is 2. The molecule has 150 valence electrons. The van der Waals surface area contributed by atoms with Crippen LogP contribution in [0.3, 0.4) is 0 Å². The average Bonchev–Trinajstić information content (AvgIpc) is 2.69. The second kappa shape index (κ2) is 8.23. The van der Waals surface area contributed by atoms with Crippen molar-refractivity contribution in [2.45, 2.75) is 58.3 Å². The molecule has 2 unspecified atom stereocenters. The van der Waals surface area contributed by atoms with E-state index in [-0.39, 0.29) is 17.7 Å². The maximum Gasteiger partial charge on any atom is 0.175 e. The number of halogens is 2. The van der Waals surface area contributed by atoms with Crippen molar-refractivity contribution in [1.29, 1.82) is 0 Å². The summed E-state index contributed by atoms with van der Waals surface area (Å²) in [6.45, 7) is 4.52. The Bertz CT molecular complexity index is 872. The van der Waals surface area contributed by atoms with Crippen LogP contribution in [0.5, 0.6) is 5.75 Å². The molecule has 2 aromatic carbocycles. The second-order valence-electron chi connectivity index (χ2n) is 8.81. The van der Waals surface area contributed by atoms with E-state index in [1.807, 2.05) is 19.1 Å². The lowest BCUT2D eigenvalue weighted by atomic mass is 9.64. The largest absolute Gasteiger partial charge is 0.486 e. The van der Waals surface area contributed by atoms with Gasteiger partial charge in [0.2, 0.25) is 0 Å². The molecule has 4 atom stereocenters. The molecule has 2 aliphatic rings. The van der Waals surface area contributed by atoms with Gasteiger partial charge in [0.15, 0.2) is 11.6 Å². The maximum absolute atomic E-state index is 14.9. The molecule has 2 fully saturated rings. The van der Waals surface area contributed by atoms with Gasteiger partial charge in [-0.05, 0) is 85.8 Å². The fraction of sp³-hybridized carbons (Fsp3) is 0.520. The van der Waals surface area contributed by atoms with Crippen LogP contribution in [0, 0.1) is 29.4 Å². The number of rotatable bonds is 4. The van der Waals surface area contributed by atoms with Crippen LogP contribution in [0.2, 0.25) is 0 Å². The van der Waals surface area contributed by atoms with Crippen molar-refractivity contribution in [3.05, 3.63) is 53.6 Å². The maximum atomic E-state index is 14.9. The summed E-state index contributed by atoms with van der Waals surface area (Å²) in [5.74, 6) is 1.89. The molecule has 0 radical (unpaired) electrons. The van der Waals surface area contributed by atoms with Gasteiger partial charge in [0, 0.05) is 0 Å². The first-order chi connectivity index (χ1) is 13.6. The fourth-order valence-electron chi connectivity index (χ4n) is 5.38. The summed E-state index contributed by atoms with van der Waals surface area (Å²) in [6, 6.07) is 6.96. The zero-order valence-corrected chi connectivity index (χ0v) is 16.9. The van der Waals surface area contributed by atoms with Crippen molar-refractivity contribution in [2.75, 3.05) is 6.61 Å². The van der Waals surface area contributed by atoms with E-state index in [0.29, 0.717) is 11.3 Å². The van der Waals surface area contributed by atoms with Crippen molar-refractivity contribution < 1.29 is 13.5 Å². The number of hydrogen-bond donors (Lipinski definition) is 0. The lowest BCUT2D eigenvalue weighted by Crippen LogP contribution is -2.29. The van der Waals surface area contributed by atoms with Crippen LogP contribution in [0.15, 0.2) is 36.4 Å². The predicted molar refractivity (Wildman–Crippen MR) is 111 cm³/mol. The van der Waals surface area contributed by atoms with Crippen molar-refractivity contribution in [1.82, 2.24) is 0 Å². The minimum atomic E-state index is -0.601. The van der Waals surface area contributed by atoms with E-state index in [4.69, 9.17) is 4.74 Å². The van der Waals surface area contributed by atoms with Gasteiger partial charge in [-0.15, -0.1) is 0 Å². The monoisotopic (exact) mass is 384 g/mol.